The number of nitrogens with zero attached hydrogens (tertiary/aromatic N) is 4. The van der Waals surface area contributed by atoms with E-state index in [-0.39, 0.29) is 0 Å². The zero-order valence-electron chi connectivity index (χ0n) is 10.8. The van der Waals surface area contributed by atoms with Crippen molar-refractivity contribution in [3.63, 3.8) is 0 Å². The topological polar surface area (TPSA) is 55.1 Å². The van der Waals surface area contributed by atoms with Gasteiger partial charge in [0.2, 0.25) is 0 Å². The van der Waals surface area contributed by atoms with Crippen LogP contribution in [0.3, 0.4) is 0 Å². The summed E-state index contributed by atoms with van der Waals surface area (Å²) in [4.78, 5) is 10.6. The number of rotatable bonds is 4. The molecular weight excluding hydrogens is 228 g/mol. The van der Waals surface area contributed by atoms with Gasteiger partial charge in [0.25, 0.3) is 5.89 Å². The highest BCUT2D eigenvalue weighted by atomic mass is 16.5. The standard InChI is InChI=1S/C13H16N4O/c1-9(2)8-17(4)12-6-5-11(7-14-12)13-15-10(3)16-18-13/h5-7H,1,8H2,2-4H3. The number of pyridine rings is 1. The highest BCUT2D eigenvalue weighted by molar-refractivity contribution is 5.54. The molecule has 2 rings (SSSR count). The first-order valence-corrected chi connectivity index (χ1v) is 5.68. The normalized spacial score (nSPS) is 10.4. The molecule has 0 aliphatic heterocycles. The maximum atomic E-state index is 5.09. The second-order valence-corrected chi connectivity index (χ2v) is 4.36. The molecule has 0 saturated carbocycles. The summed E-state index contributed by atoms with van der Waals surface area (Å²) in [5, 5.41) is 3.75. The van der Waals surface area contributed by atoms with E-state index < -0.39 is 0 Å². The summed E-state index contributed by atoms with van der Waals surface area (Å²) in [5.74, 6) is 2.00. The summed E-state index contributed by atoms with van der Waals surface area (Å²) in [5.41, 5.74) is 1.92. The zero-order valence-corrected chi connectivity index (χ0v) is 10.8. The third-order valence-corrected chi connectivity index (χ3v) is 2.42. The minimum Gasteiger partial charge on any atom is -0.356 e. The lowest BCUT2D eigenvalue weighted by atomic mass is 10.2. The lowest BCUT2D eigenvalue weighted by Crippen LogP contribution is -2.19. The van der Waals surface area contributed by atoms with Crippen molar-refractivity contribution in [2.75, 3.05) is 18.5 Å². The Labute approximate surface area is 106 Å². The van der Waals surface area contributed by atoms with Crippen molar-refractivity contribution in [3.8, 4) is 11.5 Å². The van der Waals surface area contributed by atoms with Crippen LogP contribution in [0.5, 0.6) is 0 Å². The van der Waals surface area contributed by atoms with E-state index in [1.54, 1.807) is 13.1 Å². The fourth-order valence-electron chi connectivity index (χ4n) is 1.64. The molecule has 94 valence electrons. The van der Waals surface area contributed by atoms with Crippen molar-refractivity contribution in [2.45, 2.75) is 13.8 Å². The Morgan fingerprint density at radius 1 is 1.44 bits per heavy atom. The second-order valence-electron chi connectivity index (χ2n) is 4.36. The predicted octanol–water partition coefficient (Wildman–Crippen LogP) is 2.45. The largest absolute Gasteiger partial charge is 0.356 e. The fraction of sp³-hybridized carbons (Fsp3) is 0.308. The van der Waals surface area contributed by atoms with Crippen molar-refractivity contribution in [1.29, 1.82) is 0 Å². The summed E-state index contributed by atoms with van der Waals surface area (Å²) >= 11 is 0. The van der Waals surface area contributed by atoms with Crippen LogP contribution in [-0.4, -0.2) is 28.7 Å². The van der Waals surface area contributed by atoms with Gasteiger partial charge in [0.1, 0.15) is 5.82 Å². The van der Waals surface area contributed by atoms with Crippen LogP contribution in [0.2, 0.25) is 0 Å². The number of likely N-dealkylation sites (N-methyl/N-ethyl adjacent to an activating group) is 1. The minimum atomic E-state index is 0.495. The number of aryl methyl sites for hydroxylation is 1. The predicted molar refractivity (Wildman–Crippen MR) is 70.4 cm³/mol. The molecular formula is C13H16N4O. The average Bonchev–Trinajstić information content (AvgIpc) is 2.75. The van der Waals surface area contributed by atoms with E-state index in [4.69, 9.17) is 4.52 Å². The lowest BCUT2D eigenvalue weighted by molar-refractivity contribution is 0.425. The van der Waals surface area contributed by atoms with Gasteiger partial charge in [0.15, 0.2) is 5.82 Å². The molecule has 0 unspecified atom stereocenters. The Hall–Kier alpha value is -2.17. The molecule has 0 spiro atoms. The van der Waals surface area contributed by atoms with Gasteiger partial charge >= 0.3 is 0 Å². The molecule has 2 heterocycles. The quantitative estimate of drug-likeness (QED) is 0.773. The molecule has 0 atom stereocenters. The Morgan fingerprint density at radius 3 is 2.72 bits per heavy atom. The molecule has 2 aromatic rings. The van der Waals surface area contributed by atoms with Crippen LogP contribution in [-0.2, 0) is 0 Å². The van der Waals surface area contributed by atoms with Gasteiger partial charge in [-0.3, -0.25) is 0 Å². The zero-order chi connectivity index (χ0) is 13.1. The first-order valence-electron chi connectivity index (χ1n) is 5.68. The van der Waals surface area contributed by atoms with E-state index in [0.29, 0.717) is 11.7 Å². The highest BCUT2D eigenvalue weighted by Crippen LogP contribution is 2.18. The third-order valence-electron chi connectivity index (χ3n) is 2.42. The molecule has 18 heavy (non-hydrogen) atoms. The number of aromatic nitrogens is 3. The Morgan fingerprint density at radius 2 is 2.22 bits per heavy atom. The van der Waals surface area contributed by atoms with Gasteiger partial charge < -0.3 is 9.42 Å². The molecule has 0 saturated heterocycles. The molecule has 2 aromatic heterocycles. The average molecular weight is 244 g/mol. The van der Waals surface area contributed by atoms with Crippen molar-refractivity contribution in [1.82, 2.24) is 15.1 Å². The van der Waals surface area contributed by atoms with Crippen molar-refractivity contribution in [2.24, 2.45) is 0 Å². The van der Waals surface area contributed by atoms with Crippen LogP contribution in [0, 0.1) is 6.92 Å². The van der Waals surface area contributed by atoms with E-state index in [9.17, 15) is 0 Å². The molecule has 0 radical (unpaired) electrons. The van der Waals surface area contributed by atoms with E-state index in [2.05, 4.69) is 21.7 Å². The molecule has 0 N–H and O–H groups in total. The molecule has 0 fully saturated rings. The number of anilines is 1. The SMILES string of the molecule is C=C(C)CN(C)c1ccc(-c2nc(C)no2)cn1. The number of hydrogen-bond acceptors (Lipinski definition) is 5. The van der Waals surface area contributed by atoms with Crippen LogP contribution in [0.25, 0.3) is 11.5 Å². The summed E-state index contributed by atoms with van der Waals surface area (Å²) in [6.45, 7) is 8.45. The molecule has 0 aliphatic rings. The van der Waals surface area contributed by atoms with E-state index in [1.807, 2.05) is 31.0 Å². The maximum absolute atomic E-state index is 5.09. The second kappa shape index (κ2) is 5.00. The van der Waals surface area contributed by atoms with E-state index in [0.717, 1.165) is 23.5 Å². The first kappa shape index (κ1) is 12.3. The van der Waals surface area contributed by atoms with Gasteiger partial charge in [-0.1, -0.05) is 17.3 Å². The van der Waals surface area contributed by atoms with Gasteiger partial charge in [-0.25, -0.2) is 4.98 Å². The summed E-state index contributed by atoms with van der Waals surface area (Å²) in [7, 11) is 1.98. The Balaban J connectivity index is 2.17. The molecule has 5 heteroatoms. The Kier molecular flexibility index (Phi) is 3.41. The molecule has 5 nitrogen and oxygen atoms in total. The van der Waals surface area contributed by atoms with Crippen molar-refractivity contribution in [3.05, 3.63) is 36.3 Å². The van der Waals surface area contributed by atoms with Crippen molar-refractivity contribution >= 4 is 5.82 Å². The first-order chi connectivity index (χ1) is 8.56. The van der Waals surface area contributed by atoms with Gasteiger partial charge in [-0.2, -0.15) is 4.98 Å². The number of hydrogen-bond donors (Lipinski definition) is 0. The van der Waals surface area contributed by atoms with E-state index in [1.165, 1.54) is 0 Å². The molecule has 0 aliphatic carbocycles. The van der Waals surface area contributed by atoms with Crippen LogP contribution in [0.15, 0.2) is 35.0 Å². The third kappa shape index (κ3) is 2.74. The smallest absolute Gasteiger partial charge is 0.259 e. The summed E-state index contributed by atoms with van der Waals surface area (Å²) < 4.78 is 5.09. The summed E-state index contributed by atoms with van der Waals surface area (Å²) in [6.07, 6.45) is 1.73. The maximum Gasteiger partial charge on any atom is 0.259 e. The van der Waals surface area contributed by atoms with Crippen LogP contribution < -0.4 is 4.90 Å². The van der Waals surface area contributed by atoms with Crippen LogP contribution >= 0.6 is 0 Å². The summed E-state index contributed by atoms with van der Waals surface area (Å²) in [6, 6.07) is 3.85. The van der Waals surface area contributed by atoms with Crippen LogP contribution in [0.1, 0.15) is 12.7 Å². The monoisotopic (exact) mass is 244 g/mol. The lowest BCUT2D eigenvalue weighted by Gasteiger charge is -2.17. The molecule has 0 amide bonds. The molecule has 0 aromatic carbocycles. The minimum absolute atomic E-state index is 0.495. The highest BCUT2D eigenvalue weighted by Gasteiger charge is 2.08. The van der Waals surface area contributed by atoms with E-state index >= 15 is 0 Å². The van der Waals surface area contributed by atoms with Crippen molar-refractivity contribution < 1.29 is 4.52 Å². The fourth-order valence-corrected chi connectivity index (χ4v) is 1.64. The van der Waals surface area contributed by atoms with Gasteiger partial charge in [0.05, 0.1) is 5.56 Å². The van der Waals surface area contributed by atoms with Gasteiger partial charge in [0, 0.05) is 19.8 Å². The molecule has 0 bridgehead atoms. The Bertz CT molecular complexity index is 544. The van der Waals surface area contributed by atoms with Crippen LogP contribution in [0.4, 0.5) is 5.82 Å². The van der Waals surface area contributed by atoms with Gasteiger partial charge in [-0.05, 0) is 26.0 Å². The van der Waals surface area contributed by atoms with Gasteiger partial charge in [-0.15, -0.1) is 0 Å².